The maximum Gasteiger partial charge on any atom is 0.0705 e. The molecule has 0 unspecified atom stereocenters. The highest BCUT2D eigenvalue weighted by Crippen LogP contribution is 2.17. The molecule has 15 heavy (non-hydrogen) atoms. The highest BCUT2D eigenvalue weighted by atomic mass is 14.7. The van der Waals surface area contributed by atoms with E-state index < -0.39 is 0 Å². The first-order valence-electron chi connectivity index (χ1n) is 5.02. The number of benzene rings is 1. The van der Waals surface area contributed by atoms with Gasteiger partial charge in [0.15, 0.2) is 0 Å². The van der Waals surface area contributed by atoms with E-state index in [4.69, 9.17) is 5.73 Å². The van der Waals surface area contributed by atoms with Crippen molar-refractivity contribution in [1.29, 1.82) is 0 Å². The van der Waals surface area contributed by atoms with Crippen LogP contribution in [0.5, 0.6) is 0 Å². The van der Waals surface area contributed by atoms with E-state index in [2.05, 4.69) is 17.1 Å². The van der Waals surface area contributed by atoms with Gasteiger partial charge < -0.3 is 5.73 Å². The van der Waals surface area contributed by atoms with Crippen LogP contribution in [0.4, 0.5) is 0 Å². The quantitative estimate of drug-likeness (QED) is 0.805. The van der Waals surface area contributed by atoms with Crippen LogP contribution >= 0.6 is 0 Å². The number of nitrogens with zero attached hydrogens (tertiary/aromatic N) is 1. The number of aromatic nitrogens is 1. The average molecular weight is 198 g/mol. The van der Waals surface area contributed by atoms with Crippen LogP contribution in [0, 0.1) is 6.92 Å². The summed E-state index contributed by atoms with van der Waals surface area (Å²) in [5, 5.41) is 0. The molecule has 0 atom stereocenters. The Kier molecular flexibility index (Phi) is 2.79. The molecule has 0 aliphatic rings. The number of hydrogen-bond acceptors (Lipinski definition) is 2. The molecule has 2 heteroatoms. The smallest absolute Gasteiger partial charge is 0.0705 e. The van der Waals surface area contributed by atoms with Crippen LogP contribution in [0.2, 0.25) is 0 Å². The number of aryl methyl sites for hydroxylation is 1. The van der Waals surface area contributed by atoms with E-state index in [0.717, 1.165) is 22.5 Å². The minimum Gasteiger partial charge on any atom is -0.326 e. The van der Waals surface area contributed by atoms with Crippen molar-refractivity contribution in [3.05, 3.63) is 53.7 Å². The second-order valence-corrected chi connectivity index (χ2v) is 3.57. The Morgan fingerprint density at radius 3 is 2.40 bits per heavy atom. The first kappa shape index (κ1) is 9.87. The molecule has 0 bridgehead atoms. The fourth-order valence-electron chi connectivity index (χ4n) is 1.52. The Morgan fingerprint density at radius 1 is 1.07 bits per heavy atom. The summed E-state index contributed by atoms with van der Waals surface area (Å²) in [6, 6.07) is 14.2. The van der Waals surface area contributed by atoms with Gasteiger partial charge in [-0.3, -0.25) is 4.98 Å². The Morgan fingerprint density at radius 2 is 1.80 bits per heavy atom. The standard InChI is InChI=1S/C13H14N2/c1-10-3-2-4-13(15-10)12-7-5-11(9-14)6-8-12/h2-8H,9,14H2,1H3. The van der Waals surface area contributed by atoms with E-state index >= 15 is 0 Å². The zero-order chi connectivity index (χ0) is 10.7. The van der Waals surface area contributed by atoms with Crippen molar-refractivity contribution < 1.29 is 0 Å². The van der Waals surface area contributed by atoms with Gasteiger partial charge in [0.05, 0.1) is 5.69 Å². The van der Waals surface area contributed by atoms with Crippen LogP contribution in [-0.2, 0) is 6.54 Å². The maximum absolute atomic E-state index is 5.55. The van der Waals surface area contributed by atoms with E-state index in [0.29, 0.717) is 6.54 Å². The van der Waals surface area contributed by atoms with Crippen molar-refractivity contribution in [3.8, 4) is 11.3 Å². The lowest BCUT2D eigenvalue weighted by Gasteiger charge is -2.03. The Hall–Kier alpha value is -1.67. The molecule has 76 valence electrons. The summed E-state index contributed by atoms with van der Waals surface area (Å²) in [6.07, 6.45) is 0. The molecule has 2 rings (SSSR count). The molecular formula is C13H14N2. The van der Waals surface area contributed by atoms with E-state index in [1.165, 1.54) is 0 Å². The third-order valence-electron chi connectivity index (χ3n) is 2.37. The first-order valence-corrected chi connectivity index (χ1v) is 5.02. The summed E-state index contributed by atoms with van der Waals surface area (Å²) in [5.74, 6) is 0. The van der Waals surface area contributed by atoms with Gasteiger partial charge in [-0.25, -0.2) is 0 Å². The lowest BCUT2D eigenvalue weighted by Crippen LogP contribution is -1.95. The fraction of sp³-hybridized carbons (Fsp3) is 0.154. The zero-order valence-corrected chi connectivity index (χ0v) is 8.77. The molecule has 0 fully saturated rings. The second-order valence-electron chi connectivity index (χ2n) is 3.57. The number of pyridine rings is 1. The summed E-state index contributed by atoms with van der Waals surface area (Å²) >= 11 is 0. The largest absolute Gasteiger partial charge is 0.326 e. The lowest BCUT2D eigenvalue weighted by atomic mass is 10.1. The van der Waals surface area contributed by atoms with Gasteiger partial charge >= 0.3 is 0 Å². The normalized spacial score (nSPS) is 10.3. The molecule has 1 heterocycles. The maximum atomic E-state index is 5.55. The predicted octanol–water partition coefficient (Wildman–Crippen LogP) is 2.52. The number of hydrogen-bond donors (Lipinski definition) is 1. The molecule has 0 aliphatic heterocycles. The van der Waals surface area contributed by atoms with E-state index in [1.807, 2.05) is 37.3 Å². The van der Waals surface area contributed by atoms with Crippen LogP contribution in [0.3, 0.4) is 0 Å². The summed E-state index contributed by atoms with van der Waals surface area (Å²) < 4.78 is 0. The molecule has 1 aromatic carbocycles. The van der Waals surface area contributed by atoms with Crippen molar-refractivity contribution >= 4 is 0 Å². The van der Waals surface area contributed by atoms with Crippen molar-refractivity contribution in [3.63, 3.8) is 0 Å². The minimum absolute atomic E-state index is 0.585. The predicted molar refractivity (Wildman–Crippen MR) is 62.3 cm³/mol. The molecule has 2 aromatic rings. The molecular weight excluding hydrogens is 184 g/mol. The Balaban J connectivity index is 2.37. The highest BCUT2D eigenvalue weighted by Gasteiger charge is 1.98. The molecule has 0 spiro atoms. The molecule has 0 saturated heterocycles. The molecule has 1 aromatic heterocycles. The van der Waals surface area contributed by atoms with E-state index in [1.54, 1.807) is 0 Å². The summed E-state index contributed by atoms with van der Waals surface area (Å²) in [6.45, 7) is 2.58. The van der Waals surface area contributed by atoms with Crippen LogP contribution in [0.15, 0.2) is 42.5 Å². The summed E-state index contributed by atoms with van der Waals surface area (Å²) in [7, 11) is 0. The van der Waals surface area contributed by atoms with E-state index in [-0.39, 0.29) is 0 Å². The lowest BCUT2D eigenvalue weighted by molar-refractivity contribution is 1.07. The van der Waals surface area contributed by atoms with Gasteiger partial charge in [-0.15, -0.1) is 0 Å². The topological polar surface area (TPSA) is 38.9 Å². The van der Waals surface area contributed by atoms with Crippen molar-refractivity contribution in [1.82, 2.24) is 4.98 Å². The third-order valence-corrected chi connectivity index (χ3v) is 2.37. The Bertz CT molecular complexity index is 446. The number of rotatable bonds is 2. The van der Waals surface area contributed by atoms with Gasteiger partial charge in [-0.2, -0.15) is 0 Å². The SMILES string of the molecule is Cc1cccc(-c2ccc(CN)cc2)n1. The van der Waals surface area contributed by atoms with Gasteiger partial charge in [0, 0.05) is 17.8 Å². The number of nitrogens with two attached hydrogens (primary N) is 1. The van der Waals surface area contributed by atoms with Gasteiger partial charge in [-0.05, 0) is 24.6 Å². The third kappa shape index (κ3) is 2.22. The minimum atomic E-state index is 0.585. The molecule has 0 amide bonds. The van der Waals surface area contributed by atoms with Crippen LogP contribution in [0.25, 0.3) is 11.3 Å². The monoisotopic (exact) mass is 198 g/mol. The van der Waals surface area contributed by atoms with Crippen molar-refractivity contribution in [2.24, 2.45) is 5.73 Å². The molecule has 0 radical (unpaired) electrons. The van der Waals surface area contributed by atoms with Crippen molar-refractivity contribution in [2.45, 2.75) is 13.5 Å². The zero-order valence-electron chi connectivity index (χ0n) is 8.77. The fourth-order valence-corrected chi connectivity index (χ4v) is 1.52. The van der Waals surface area contributed by atoms with Crippen molar-refractivity contribution in [2.75, 3.05) is 0 Å². The van der Waals surface area contributed by atoms with E-state index in [9.17, 15) is 0 Å². The second kappa shape index (κ2) is 4.24. The Labute approximate surface area is 89.8 Å². The van der Waals surface area contributed by atoms with Crippen LogP contribution in [0.1, 0.15) is 11.3 Å². The van der Waals surface area contributed by atoms with Crippen LogP contribution < -0.4 is 5.73 Å². The van der Waals surface area contributed by atoms with Gasteiger partial charge in [0.2, 0.25) is 0 Å². The molecule has 2 N–H and O–H groups in total. The molecule has 0 saturated carbocycles. The van der Waals surface area contributed by atoms with Gasteiger partial charge in [-0.1, -0.05) is 30.3 Å². The van der Waals surface area contributed by atoms with Crippen LogP contribution in [-0.4, -0.2) is 4.98 Å². The summed E-state index contributed by atoms with van der Waals surface area (Å²) in [5.41, 5.74) is 9.88. The van der Waals surface area contributed by atoms with Gasteiger partial charge in [0.25, 0.3) is 0 Å². The highest BCUT2D eigenvalue weighted by molar-refractivity contribution is 5.59. The van der Waals surface area contributed by atoms with Gasteiger partial charge in [0.1, 0.15) is 0 Å². The molecule has 0 aliphatic carbocycles. The molecule has 2 nitrogen and oxygen atoms in total. The first-order chi connectivity index (χ1) is 7.29. The summed E-state index contributed by atoms with van der Waals surface area (Å²) in [4.78, 5) is 4.47. The average Bonchev–Trinajstić information content (AvgIpc) is 2.29.